The number of rotatable bonds is 9. The van der Waals surface area contributed by atoms with E-state index in [0.29, 0.717) is 47.9 Å². The number of morpholine rings is 1. The number of methoxy groups -OCH3 is 1. The fourth-order valence-electron chi connectivity index (χ4n) is 4.88. The third-order valence-corrected chi connectivity index (χ3v) is 7.16. The lowest BCUT2D eigenvalue weighted by Gasteiger charge is -2.28. The first-order chi connectivity index (χ1) is 22.2. The van der Waals surface area contributed by atoms with E-state index in [9.17, 15) is 18.0 Å². The van der Waals surface area contributed by atoms with E-state index in [-0.39, 0.29) is 5.56 Å². The van der Waals surface area contributed by atoms with E-state index in [1.807, 2.05) is 12.1 Å². The van der Waals surface area contributed by atoms with Crippen LogP contribution in [0.4, 0.5) is 47.7 Å². The zero-order valence-corrected chi connectivity index (χ0v) is 24.6. The number of alkyl halides is 3. The Morgan fingerprint density at radius 2 is 1.67 bits per heavy atom. The highest BCUT2D eigenvalue weighted by Crippen LogP contribution is 2.31. The molecule has 0 saturated carbocycles. The van der Waals surface area contributed by atoms with Gasteiger partial charge in [0.1, 0.15) is 23.7 Å². The molecule has 0 bridgehead atoms. The van der Waals surface area contributed by atoms with Crippen LogP contribution in [-0.4, -0.2) is 58.8 Å². The molecule has 11 nitrogen and oxygen atoms in total. The highest BCUT2D eigenvalue weighted by molar-refractivity contribution is 6.04. The van der Waals surface area contributed by atoms with Crippen molar-refractivity contribution >= 4 is 40.4 Å². The number of aromatic nitrogens is 4. The Balaban J connectivity index is 1.17. The second-order valence-corrected chi connectivity index (χ2v) is 10.3. The molecular weight excluding hydrogens is 601 g/mol. The molecule has 1 saturated heterocycles. The second-order valence-electron chi connectivity index (χ2n) is 10.3. The normalized spacial score (nSPS) is 13.3. The van der Waals surface area contributed by atoms with Crippen LogP contribution < -0.4 is 25.6 Å². The molecule has 3 aromatic carbocycles. The second kappa shape index (κ2) is 13.2. The monoisotopic (exact) mass is 630 g/mol. The van der Waals surface area contributed by atoms with Crippen molar-refractivity contribution in [1.29, 1.82) is 0 Å². The molecule has 3 heterocycles. The van der Waals surface area contributed by atoms with Crippen LogP contribution in [0.3, 0.4) is 0 Å². The van der Waals surface area contributed by atoms with Crippen molar-refractivity contribution in [3.05, 3.63) is 103 Å². The van der Waals surface area contributed by atoms with Gasteiger partial charge in [0, 0.05) is 72.0 Å². The van der Waals surface area contributed by atoms with Gasteiger partial charge in [-0.15, -0.1) is 0 Å². The third-order valence-electron chi connectivity index (χ3n) is 7.16. The highest BCUT2D eigenvalue weighted by Gasteiger charge is 2.31. The van der Waals surface area contributed by atoms with Crippen LogP contribution in [0.5, 0.6) is 5.75 Å². The van der Waals surface area contributed by atoms with Gasteiger partial charge >= 0.3 is 6.18 Å². The Morgan fingerprint density at radius 3 is 2.43 bits per heavy atom. The van der Waals surface area contributed by atoms with Crippen LogP contribution in [0.2, 0.25) is 0 Å². The van der Waals surface area contributed by atoms with Gasteiger partial charge in [0.2, 0.25) is 5.95 Å². The fourth-order valence-corrected chi connectivity index (χ4v) is 4.88. The van der Waals surface area contributed by atoms with E-state index in [2.05, 4.69) is 47.9 Å². The van der Waals surface area contributed by atoms with Gasteiger partial charge in [0.05, 0.1) is 25.9 Å². The molecule has 1 fully saturated rings. The predicted octanol–water partition coefficient (Wildman–Crippen LogP) is 6.27. The lowest BCUT2D eigenvalue weighted by atomic mass is 10.1. The molecular formula is C32H29F3N8O3. The predicted molar refractivity (Wildman–Crippen MR) is 168 cm³/mol. The van der Waals surface area contributed by atoms with Gasteiger partial charge in [-0.25, -0.2) is 15.0 Å². The van der Waals surface area contributed by atoms with Gasteiger partial charge in [-0.2, -0.15) is 13.2 Å². The van der Waals surface area contributed by atoms with E-state index >= 15 is 0 Å². The van der Waals surface area contributed by atoms with Crippen LogP contribution >= 0.6 is 0 Å². The number of carbonyl (C=O) groups excluding carboxylic acids is 1. The van der Waals surface area contributed by atoms with Crippen molar-refractivity contribution in [1.82, 2.24) is 19.5 Å². The van der Waals surface area contributed by atoms with E-state index < -0.39 is 17.6 Å². The molecule has 1 amide bonds. The van der Waals surface area contributed by atoms with E-state index in [4.69, 9.17) is 9.47 Å². The molecule has 1 aliphatic heterocycles. The molecule has 0 radical (unpaired) electrons. The number of nitrogens with one attached hydrogen (secondary N) is 3. The van der Waals surface area contributed by atoms with Crippen molar-refractivity contribution in [2.75, 3.05) is 54.3 Å². The van der Waals surface area contributed by atoms with Crippen molar-refractivity contribution in [2.24, 2.45) is 0 Å². The molecule has 0 spiro atoms. The number of carbonyl (C=O) groups is 1. The average molecular weight is 631 g/mol. The summed E-state index contributed by atoms with van der Waals surface area (Å²) in [5, 5.41) is 9.14. The fraction of sp³-hybridized carbons (Fsp3) is 0.188. The van der Waals surface area contributed by atoms with Crippen LogP contribution in [0.25, 0.3) is 5.82 Å². The molecule has 0 aliphatic carbocycles. The number of imidazole rings is 1. The summed E-state index contributed by atoms with van der Waals surface area (Å²) in [7, 11) is 1.46. The number of benzene rings is 3. The van der Waals surface area contributed by atoms with Gasteiger partial charge in [0.25, 0.3) is 5.91 Å². The van der Waals surface area contributed by atoms with Crippen LogP contribution in [-0.2, 0) is 10.9 Å². The molecule has 0 unspecified atom stereocenters. The van der Waals surface area contributed by atoms with E-state index in [1.165, 1.54) is 25.6 Å². The molecule has 2 aromatic heterocycles. The third kappa shape index (κ3) is 7.18. The minimum absolute atomic E-state index is 0.135. The summed E-state index contributed by atoms with van der Waals surface area (Å²) in [4.78, 5) is 28.3. The summed E-state index contributed by atoms with van der Waals surface area (Å²) in [6.07, 6.45) is 0.192. The lowest BCUT2D eigenvalue weighted by Crippen LogP contribution is -2.36. The summed E-state index contributed by atoms with van der Waals surface area (Å²) in [5.41, 5.74) is 1.74. The smallest absolute Gasteiger partial charge is 0.416 e. The van der Waals surface area contributed by atoms with Crippen LogP contribution in [0.15, 0.2) is 91.5 Å². The summed E-state index contributed by atoms with van der Waals surface area (Å²) < 4.78 is 52.0. The molecule has 14 heteroatoms. The lowest BCUT2D eigenvalue weighted by molar-refractivity contribution is -0.137. The highest BCUT2D eigenvalue weighted by atomic mass is 19.4. The SMILES string of the molecule is COc1cc(NC(=O)c2cccc(C(F)(F)F)c2)cc(Nc2nccn2-c2cc(Nc3ccc(N4CCOCC4)cc3)ncn2)c1. The number of hydrogen-bond donors (Lipinski definition) is 3. The summed E-state index contributed by atoms with van der Waals surface area (Å²) in [6.45, 7) is 3.14. The Kier molecular flexibility index (Phi) is 8.70. The number of ether oxygens (including phenoxy) is 2. The molecule has 236 valence electrons. The summed E-state index contributed by atoms with van der Waals surface area (Å²) in [6, 6.07) is 18.9. The Labute approximate surface area is 262 Å². The minimum atomic E-state index is -4.57. The molecule has 6 rings (SSSR count). The van der Waals surface area contributed by atoms with E-state index in [1.54, 1.807) is 41.2 Å². The number of halogens is 3. The van der Waals surface area contributed by atoms with Crippen molar-refractivity contribution in [3.63, 3.8) is 0 Å². The maximum atomic E-state index is 13.2. The van der Waals surface area contributed by atoms with Crippen molar-refractivity contribution in [3.8, 4) is 11.6 Å². The van der Waals surface area contributed by atoms with Gasteiger partial charge in [-0.1, -0.05) is 6.07 Å². The Hall–Kier alpha value is -5.63. The standard InChI is InChI=1S/C32H29F3N8O3/c1-45-27-17-24(40-30(44)21-3-2-4-22(15-21)32(33,34)35)16-25(18-27)41-31-36-9-10-43(31)29-19-28(37-20-38-29)39-23-5-7-26(8-6-23)42-11-13-46-14-12-42/h2-10,15-20H,11-14H2,1H3,(H,36,41)(H,40,44)(H,37,38,39). The molecule has 1 aliphatic rings. The zero-order valence-electron chi connectivity index (χ0n) is 24.6. The maximum Gasteiger partial charge on any atom is 0.416 e. The van der Waals surface area contributed by atoms with Crippen molar-refractivity contribution in [2.45, 2.75) is 6.18 Å². The number of anilines is 6. The number of nitrogens with zero attached hydrogens (tertiary/aromatic N) is 5. The van der Waals surface area contributed by atoms with Gasteiger partial charge in [-0.3, -0.25) is 9.36 Å². The van der Waals surface area contributed by atoms with Gasteiger partial charge in [-0.05, 0) is 48.5 Å². The largest absolute Gasteiger partial charge is 0.497 e. The maximum absolute atomic E-state index is 13.2. The van der Waals surface area contributed by atoms with Gasteiger partial charge in [0.15, 0.2) is 0 Å². The summed E-state index contributed by atoms with van der Waals surface area (Å²) in [5.74, 6) is 1.20. The molecule has 0 atom stereocenters. The molecule has 3 N–H and O–H groups in total. The van der Waals surface area contributed by atoms with Crippen molar-refractivity contribution < 1.29 is 27.4 Å². The topological polar surface area (TPSA) is 118 Å². The minimum Gasteiger partial charge on any atom is -0.497 e. The summed E-state index contributed by atoms with van der Waals surface area (Å²) >= 11 is 0. The average Bonchev–Trinajstić information content (AvgIpc) is 3.53. The van der Waals surface area contributed by atoms with E-state index in [0.717, 1.165) is 36.6 Å². The van der Waals surface area contributed by atoms with Crippen LogP contribution in [0, 0.1) is 0 Å². The first-order valence-electron chi connectivity index (χ1n) is 14.3. The zero-order chi connectivity index (χ0) is 32.1. The quantitative estimate of drug-likeness (QED) is 0.173. The number of hydrogen-bond acceptors (Lipinski definition) is 9. The van der Waals surface area contributed by atoms with Crippen LogP contribution in [0.1, 0.15) is 15.9 Å². The first-order valence-corrected chi connectivity index (χ1v) is 14.3. The molecule has 46 heavy (non-hydrogen) atoms. The first kappa shape index (κ1) is 30.4. The van der Waals surface area contributed by atoms with Gasteiger partial charge < -0.3 is 30.3 Å². The molecule has 5 aromatic rings. The Bertz CT molecular complexity index is 1820. The Morgan fingerprint density at radius 1 is 0.891 bits per heavy atom. The number of amides is 1.